The number of hydrogen-bond acceptors (Lipinski definition) is 4. The highest BCUT2D eigenvalue weighted by Crippen LogP contribution is 2.34. The van der Waals surface area contributed by atoms with Crippen LogP contribution < -0.4 is 4.74 Å². The molecule has 174 valence electrons. The zero-order chi connectivity index (χ0) is 23.8. The van der Waals surface area contributed by atoms with Gasteiger partial charge in [-0.3, -0.25) is 4.79 Å². The topological polar surface area (TPSA) is 76.1 Å². The van der Waals surface area contributed by atoms with E-state index in [1.54, 1.807) is 25.3 Å². The van der Waals surface area contributed by atoms with Crippen molar-refractivity contribution in [3.05, 3.63) is 53.3 Å². The summed E-state index contributed by atoms with van der Waals surface area (Å²) in [6, 6.07) is 8.51. The molecule has 0 bridgehead atoms. The van der Waals surface area contributed by atoms with Gasteiger partial charge in [-0.2, -0.15) is 0 Å². The van der Waals surface area contributed by atoms with Crippen LogP contribution in [-0.4, -0.2) is 54.3 Å². The van der Waals surface area contributed by atoms with E-state index < -0.39 is 11.8 Å². The molecule has 0 spiro atoms. The maximum Gasteiger partial charge on any atom is 0.335 e. The first-order valence-electron chi connectivity index (χ1n) is 10.8. The smallest absolute Gasteiger partial charge is 0.335 e. The largest absolute Gasteiger partial charge is 0.493 e. The van der Waals surface area contributed by atoms with Gasteiger partial charge in [0.2, 0.25) is 0 Å². The molecule has 0 radical (unpaired) electrons. The van der Waals surface area contributed by atoms with Gasteiger partial charge in [0.1, 0.15) is 11.6 Å². The van der Waals surface area contributed by atoms with Crippen molar-refractivity contribution < 1.29 is 28.6 Å². The lowest BCUT2D eigenvalue weighted by Gasteiger charge is -2.32. The molecule has 0 unspecified atom stereocenters. The molecule has 1 amide bonds. The molecule has 1 N–H and O–H groups in total. The Hall–Kier alpha value is -2.93. The Kier molecular flexibility index (Phi) is 9.20. The fourth-order valence-electron chi connectivity index (χ4n) is 3.54. The summed E-state index contributed by atoms with van der Waals surface area (Å²) in [4.78, 5) is 26.5. The third-order valence-electron chi connectivity index (χ3n) is 5.34. The van der Waals surface area contributed by atoms with Gasteiger partial charge in [0.25, 0.3) is 5.91 Å². The van der Waals surface area contributed by atoms with E-state index in [2.05, 4.69) is 0 Å². The number of carboxylic acids is 1. The minimum Gasteiger partial charge on any atom is -0.493 e. The second-order valence-corrected chi connectivity index (χ2v) is 7.97. The van der Waals surface area contributed by atoms with E-state index in [-0.39, 0.29) is 29.1 Å². The lowest BCUT2D eigenvalue weighted by atomic mass is 9.99. The second kappa shape index (κ2) is 11.6. The lowest BCUT2D eigenvalue weighted by Crippen LogP contribution is -2.43. The summed E-state index contributed by atoms with van der Waals surface area (Å²) in [6.45, 7) is 8.75. The van der Waals surface area contributed by atoms with Gasteiger partial charge in [0, 0.05) is 48.9 Å². The van der Waals surface area contributed by atoms with Crippen molar-refractivity contribution in [1.82, 2.24) is 4.90 Å². The van der Waals surface area contributed by atoms with E-state index >= 15 is 0 Å². The number of aromatic carboxylic acids is 1. The standard InChI is InChI=1S/C25H32FNO5/c1-6-17(4)27(16(2)3)24(28)18-8-10-20(23(15-18)32-13-7-12-31-5)21-14-19(25(29)30)9-11-22(21)26/h8-11,14-17H,6-7,12-13H2,1-5H3,(H,29,30)/t17-/m1/s1. The summed E-state index contributed by atoms with van der Waals surface area (Å²) < 4.78 is 25.6. The summed E-state index contributed by atoms with van der Waals surface area (Å²) in [5, 5.41) is 9.30. The highest BCUT2D eigenvalue weighted by Gasteiger charge is 2.25. The third kappa shape index (κ3) is 6.07. The summed E-state index contributed by atoms with van der Waals surface area (Å²) >= 11 is 0. The first-order valence-corrected chi connectivity index (χ1v) is 10.8. The molecule has 0 saturated carbocycles. The van der Waals surface area contributed by atoms with Gasteiger partial charge in [-0.1, -0.05) is 6.92 Å². The first-order chi connectivity index (χ1) is 15.2. The Morgan fingerprint density at radius 2 is 1.72 bits per heavy atom. The van der Waals surface area contributed by atoms with Crippen molar-refractivity contribution in [1.29, 1.82) is 0 Å². The molecule has 2 aromatic rings. The lowest BCUT2D eigenvalue weighted by molar-refractivity contribution is 0.0620. The fraction of sp³-hybridized carbons (Fsp3) is 0.440. The monoisotopic (exact) mass is 445 g/mol. The molecule has 0 aromatic heterocycles. The quantitative estimate of drug-likeness (QED) is 0.478. The maximum absolute atomic E-state index is 14.6. The minimum absolute atomic E-state index is 0.00731. The van der Waals surface area contributed by atoms with Gasteiger partial charge in [-0.05, 0) is 63.6 Å². The minimum atomic E-state index is -1.15. The van der Waals surface area contributed by atoms with Crippen LogP contribution in [0.25, 0.3) is 11.1 Å². The van der Waals surface area contributed by atoms with Crippen LogP contribution in [0.15, 0.2) is 36.4 Å². The molecule has 0 aliphatic heterocycles. The van der Waals surface area contributed by atoms with Crippen LogP contribution in [0.2, 0.25) is 0 Å². The maximum atomic E-state index is 14.6. The number of rotatable bonds is 11. The molecule has 1 atom stereocenters. The molecule has 2 aromatic carbocycles. The molecule has 2 rings (SSSR count). The Bertz CT molecular complexity index is 944. The number of carboxylic acid groups (broad SMARTS) is 1. The van der Waals surface area contributed by atoms with Crippen LogP contribution >= 0.6 is 0 Å². The molecule has 0 fully saturated rings. The molecule has 7 heteroatoms. The van der Waals surface area contributed by atoms with Crippen LogP contribution in [0.5, 0.6) is 5.75 Å². The summed E-state index contributed by atoms with van der Waals surface area (Å²) in [6.07, 6.45) is 1.42. The second-order valence-electron chi connectivity index (χ2n) is 7.97. The van der Waals surface area contributed by atoms with E-state index in [1.165, 1.54) is 12.1 Å². The van der Waals surface area contributed by atoms with E-state index in [4.69, 9.17) is 9.47 Å². The van der Waals surface area contributed by atoms with Crippen molar-refractivity contribution >= 4 is 11.9 Å². The van der Waals surface area contributed by atoms with Crippen LogP contribution in [0.1, 0.15) is 61.3 Å². The summed E-state index contributed by atoms with van der Waals surface area (Å²) in [7, 11) is 1.59. The van der Waals surface area contributed by atoms with Gasteiger partial charge in [-0.25, -0.2) is 9.18 Å². The number of nitrogens with zero attached hydrogens (tertiary/aromatic N) is 1. The van der Waals surface area contributed by atoms with Crippen LogP contribution in [0.4, 0.5) is 4.39 Å². The Morgan fingerprint density at radius 3 is 2.31 bits per heavy atom. The summed E-state index contributed by atoms with van der Waals surface area (Å²) in [5.74, 6) is -1.54. The van der Waals surface area contributed by atoms with Crippen molar-refractivity contribution in [3.8, 4) is 16.9 Å². The SMILES string of the molecule is CC[C@@H](C)N(C(=O)c1ccc(-c2cc(C(=O)O)ccc2F)c(OCCCOC)c1)C(C)C. The number of hydrogen-bond donors (Lipinski definition) is 1. The molecule has 0 aliphatic carbocycles. The predicted molar refractivity (Wildman–Crippen MR) is 122 cm³/mol. The molecule has 0 heterocycles. The van der Waals surface area contributed by atoms with E-state index in [0.29, 0.717) is 36.5 Å². The average molecular weight is 446 g/mol. The van der Waals surface area contributed by atoms with Crippen molar-refractivity contribution in [2.45, 2.75) is 52.6 Å². The first kappa shape index (κ1) is 25.3. The molecule has 0 aliphatic rings. The predicted octanol–water partition coefficient (Wildman–Crippen LogP) is 5.26. The Morgan fingerprint density at radius 1 is 1.03 bits per heavy atom. The number of carbonyl (C=O) groups is 2. The van der Waals surface area contributed by atoms with Crippen molar-refractivity contribution in [2.24, 2.45) is 0 Å². The number of benzene rings is 2. The van der Waals surface area contributed by atoms with Gasteiger partial charge in [0.05, 0.1) is 12.2 Å². The van der Waals surface area contributed by atoms with Crippen LogP contribution in [0.3, 0.4) is 0 Å². The molecular weight excluding hydrogens is 413 g/mol. The summed E-state index contributed by atoms with van der Waals surface area (Å²) in [5.41, 5.74) is 0.890. The number of methoxy groups -OCH3 is 1. The van der Waals surface area contributed by atoms with E-state index in [1.807, 2.05) is 32.6 Å². The van der Waals surface area contributed by atoms with E-state index in [9.17, 15) is 19.1 Å². The number of halogens is 1. The number of ether oxygens (including phenoxy) is 2. The Balaban J connectivity index is 2.53. The van der Waals surface area contributed by atoms with Gasteiger partial charge in [0.15, 0.2) is 0 Å². The van der Waals surface area contributed by atoms with Gasteiger partial charge >= 0.3 is 5.97 Å². The normalized spacial score (nSPS) is 12.0. The van der Waals surface area contributed by atoms with Crippen LogP contribution in [0, 0.1) is 5.82 Å². The number of carbonyl (C=O) groups excluding carboxylic acids is 1. The average Bonchev–Trinajstić information content (AvgIpc) is 2.76. The van der Waals surface area contributed by atoms with Gasteiger partial charge in [-0.15, -0.1) is 0 Å². The van der Waals surface area contributed by atoms with Crippen molar-refractivity contribution in [3.63, 3.8) is 0 Å². The van der Waals surface area contributed by atoms with Gasteiger partial charge < -0.3 is 19.5 Å². The van der Waals surface area contributed by atoms with Crippen LogP contribution in [-0.2, 0) is 4.74 Å². The molecule has 0 saturated heterocycles. The number of amides is 1. The Labute approximate surface area is 189 Å². The zero-order valence-electron chi connectivity index (χ0n) is 19.4. The van der Waals surface area contributed by atoms with Crippen molar-refractivity contribution in [2.75, 3.05) is 20.3 Å². The zero-order valence-corrected chi connectivity index (χ0v) is 19.4. The molecule has 6 nitrogen and oxygen atoms in total. The third-order valence-corrected chi connectivity index (χ3v) is 5.34. The molecular formula is C25H32FNO5. The highest BCUT2D eigenvalue weighted by molar-refractivity contribution is 5.96. The fourth-order valence-corrected chi connectivity index (χ4v) is 3.54. The molecule has 32 heavy (non-hydrogen) atoms. The highest BCUT2D eigenvalue weighted by atomic mass is 19.1. The van der Waals surface area contributed by atoms with E-state index in [0.717, 1.165) is 12.5 Å².